The SMILES string of the molecule is CCCCC(CC)C(=O)N1C(C(=O)O)CSC1C(C)C. The van der Waals surface area contributed by atoms with Gasteiger partial charge in [0.1, 0.15) is 6.04 Å². The van der Waals surface area contributed by atoms with Crippen molar-refractivity contribution < 1.29 is 14.7 Å². The van der Waals surface area contributed by atoms with Crippen LogP contribution in [-0.4, -0.2) is 39.1 Å². The van der Waals surface area contributed by atoms with E-state index in [0.717, 1.165) is 25.7 Å². The van der Waals surface area contributed by atoms with E-state index in [1.54, 1.807) is 16.7 Å². The minimum Gasteiger partial charge on any atom is -0.480 e. The lowest BCUT2D eigenvalue weighted by molar-refractivity contribution is -0.151. The molecule has 1 rings (SSSR count). The van der Waals surface area contributed by atoms with Gasteiger partial charge in [0.15, 0.2) is 0 Å². The molecule has 0 aromatic heterocycles. The molecule has 1 aliphatic rings. The number of carbonyl (C=O) groups excluding carboxylic acids is 1. The van der Waals surface area contributed by atoms with Gasteiger partial charge >= 0.3 is 5.97 Å². The lowest BCUT2D eigenvalue weighted by Gasteiger charge is -2.32. The lowest BCUT2D eigenvalue weighted by atomic mass is 9.96. The largest absolute Gasteiger partial charge is 0.480 e. The number of rotatable bonds is 7. The summed E-state index contributed by atoms with van der Waals surface area (Å²) < 4.78 is 0. The van der Waals surface area contributed by atoms with E-state index in [1.165, 1.54) is 0 Å². The zero-order valence-corrected chi connectivity index (χ0v) is 13.8. The molecule has 116 valence electrons. The van der Waals surface area contributed by atoms with Crippen LogP contribution in [0.1, 0.15) is 53.4 Å². The third-order valence-corrected chi connectivity index (χ3v) is 5.51. The van der Waals surface area contributed by atoms with E-state index in [4.69, 9.17) is 0 Å². The van der Waals surface area contributed by atoms with Gasteiger partial charge in [-0.1, -0.05) is 40.5 Å². The van der Waals surface area contributed by atoms with Crippen LogP contribution in [0.3, 0.4) is 0 Å². The molecule has 0 bridgehead atoms. The Morgan fingerprint density at radius 2 is 2.00 bits per heavy atom. The number of hydrogen-bond acceptors (Lipinski definition) is 3. The molecule has 0 spiro atoms. The van der Waals surface area contributed by atoms with Crippen molar-refractivity contribution in [2.75, 3.05) is 5.75 Å². The van der Waals surface area contributed by atoms with Crippen LogP contribution in [0.4, 0.5) is 0 Å². The average molecular weight is 301 g/mol. The Bertz CT molecular complexity index is 346. The summed E-state index contributed by atoms with van der Waals surface area (Å²) in [6.45, 7) is 8.23. The number of unbranched alkanes of at least 4 members (excludes halogenated alkanes) is 1. The number of carbonyl (C=O) groups is 2. The van der Waals surface area contributed by atoms with Crippen molar-refractivity contribution in [1.82, 2.24) is 4.90 Å². The van der Waals surface area contributed by atoms with Crippen LogP contribution in [0.2, 0.25) is 0 Å². The van der Waals surface area contributed by atoms with E-state index in [2.05, 4.69) is 20.8 Å². The van der Waals surface area contributed by atoms with Crippen molar-refractivity contribution in [1.29, 1.82) is 0 Å². The highest BCUT2D eigenvalue weighted by Crippen LogP contribution is 2.36. The van der Waals surface area contributed by atoms with Crippen LogP contribution in [0.15, 0.2) is 0 Å². The second-order valence-corrected chi connectivity index (χ2v) is 6.96. The summed E-state index contributed by atoms with van der Waals surface area (Å²) in [6, 6.07) is -0.657. The van der Waals surface area contributed by atoms with Crippen molar-refractivity contribution in [3.05, 3.63) is 0 Å². The number of thioether (sulfide) groups is 1. The first kappa shape index (κ1) is 17.3. The highest BCUT2D eigenvalue weighted by Gasteiger charge is 2.44. The van der Waals surface area contributed by atoms with Crippen LogP contribution < -0.4 is 0 Å². The van der Waals surface area contributed by atoms with Crippen LogP contribution in [0.25, 0.3) is 0 Å². The summed E-state index contributed by atoms with van der Waals surface area (Å²) >= 11 is 1.60. The lowest BCUT2D eigenvalue weighted by Crippen LogP contribution is -2.49. The van der Waals surface area contributed by atoms with E-state index in [-0.39, 0.29) is 23.1 Å². The maximum atomic E-state index is 12.8. The van der Waals surface area contributed by atoms with E-state index in [9.17, 15) is 14.7 Å². The number of amides is 1. The fourth-order valence-corrected chi connectivity index (χ4v) is 4.15. The summed E-state index contributed by atoms with van der Waals surface area (Å²) in [7, 11) is 0. The first-order valence-corrected chi connectivity index (χ1v) is 8.65. The first-order valence-electron chi connectivity index (χ1n) is 7.60. The zero-order chi connectivity index (χ0) is 15.3. The average Bonchev–Trinajstić information content (AvgIpc) is 2.84. The van der Waals surface area contributed by atoms with Crippen LogP contribution >= 0.6 is 11.8 Å². The second kappa shape index (κ2) is 7.91. The molecule has 5 heteroatoms. The van der Waals surface area contributed by atoms with Gasteiger partial charge in [0.05, 0.1) is 5.37 Å². The molecule has 1 heterocycles. The summed E-state index contributed by atoms with van der Waals surface area (Å²) in [6.07, 6.45) is 3.74. The van der Waals surface area contributed by atoms with Crippen molar-refractivity contribution in [2.45, 2.75) is 64.8 Å². The van der Waals surface area contributed by atoms with Gasteiger partial charge in [-0.2, -0.15) is 0 Å². The normalized spacial score (nSPS) is 24.1. The summed E-state index contributed by atoms with van der Waals surface area (Å²) in [5.41, 5.74) is 0. The van der Waals surface area contributed by atoms with Gasteiger partial charge < -0.3 is 10.0 Å². The standard InChI is InChI=1S/C15H27NO3S/c1-5-7-8-11(6-2)13(17)16-12(15(18)19)9-20-14(16)10(3)4/h10-12,14H,5-9H2,1-4H3,(H,18,19). The maximum Gasteiger partial charge on any atom is 0.327 e. The Hall–Kier alpha value is -0.710. The van der Waals surface area contributed by atoms with Gasteiger partial charge in [-0.3, -0.25) is 4.79 Å². The molecular weight excluding hydrogens is 274 g/mol. The van der Waals surface area contributed by atoms with E-state index >= 15 is 0 Å². The number of carboxylic acid groups (broad SMARTS) is 1. The quantitative estimate of drug-likeness (QED) is 0.784. The summed E-state index contributed by atoms with van der Waals surface area (Å²) in [4.78, 5) is 25.8. The van der Waals surface area contributed by atoms with E-state index in [0.29, 0.717) is 5.75 Å². The van der Waals surface area contributed by atoms with Crippen LogP contribution in [0, 0.1) is 11.8 Å². The minimum absolute atomic E-state index is 0.000670. The van der Waals surface area contributed by atoms with Crippen LogP contribution in [-0.2, 0) is 9.59 Å². The Labute approximate surface area is 126 Å². The highest BCUT2D eigenvalue weighted by atomic mass is 32.2. The Morgan fingerprint density at radius 1 is 1.35 bits per heavy atom. The highest BCUT2D eigenvalue weighted by molar-refractivity contribution is 8.00. The third kappa shape index (κ3) is 3.90. The minimum atomic E-state index is -0.876. The Kier molecular flexibility index (Phi) is 6.86. The fraction of sp³-hybridized carbons (Fsp3) is 0.867. The van der Waals surface area contributed by atoms with Crippen LogP contribution in [0.5, 0.6) is 0 Å². The Morgan fingerprint density at radius 3 is 2.45 bits per heavy atom. The molecule has 1 amide bonds. The zero-order valence-electron chi connectivity index (χ0n) is 13.0. The van der Waals surface area contributed by atoms with Crippen molar-refractivity contribution in [3.63, 3.8) is 0 Å². The molecule has 0 radical (unpaired) electrons. The monoisotopic (exact) mass is 301 g/mol. The predicted octanol–water partition coefficient (Wildman–Crippen LogP) is 3.21. The molecule has 0 saturated carbocycles. The van der Waals surface area contributed by atoms with E-state index < -0.39 is 12.0 Å². The Balaban J connectivity index is 2.89. The van der Waals surface area contributed by atoms with Crippen molar-refractivity contribution in [3.8, 4) is 0 Å². The number of carboxylic acids is 1. The maximum absolute atomic E-state index is 12.8. The molecule has 3 atom stereocenters. The predicted molar refractivity (Wildman–Crippen MR) is 82.7 cm³/mol. The van der Waals surface area contributed by atoms with Gasteiger partial charge in [-0.05, 0) is 18.8 Å². The smallest absolute Gasteiger partial charge is 0.327 e. The van der Waals surface area contributed by atoms with Gasteiger partial charge in [0, 0.05) is 11.7 Å². The van der Waals surface area contributed by atoms with Gasteiger partial charge in [-0.25, -0.2) is 4.79 Å². The third-order valence-electron chi connectivity index (χ3n) is 3.89. The molecular formula is C15H27NO3S. The molecule has 1 fully saturated rings. The topological polar surface area (TPSA) is 57.6 Å². The molecule has 1 aliphatic heterocycles. The van der Waals surface area contributed by atoms with Gasteiger partial charge in [-0.15, -0.1) is 11.8 Å². The summed E-state index contributed by atoms with van der Waals surface area (Å²) in [5.74, 6) is -0.0844. The molecule has 0 aromatic carbocycles. The molecule has 3 unspecified atom stereocenters. The number of hydrogen-bond donors (Lipinski definition) is 1. The molecule has 20 heavy (non-hydrogen) atoms. The number of aliphatic carboxylic acids is 1. The van der Waals surface area contributed by atoms with Crippen molar-refractivity contribution in [2.24, 2.45) is 11.8 Å². The van der Waals surface area contributed by atoms with E-state index in [1.807, 2.05) is 6.92 Å². The van der Waals surface area contributed by atoms with Crippen molar-refractivity contribution >= 4 is 23.6 Å². The molecule has 1 saturated heterocycles. The molecule has 1 N–H and O–H groups in total. The molecule has 4 nitrogen and oxygen atoms in total. The molecule has 0 aromatic rings. The molecule has 0 aliphatic carbocycles. The second-order valence-electron chi connectivity index (χ2n) is 5.81. The first-order chi connectivity index (χ1) is 9.43. The summed E-state index contributed by atoms with van der Waals surface area (Å²) in [5, 5.41) is 9.35. The number of nitrogens with zero attached hydrogens (tertiary/aromatic N) is 1. The van der Waals surface area contributed by atoms with Gasteiger partial charge in [0.2, 0.25) is 5.91 Å². The van der Waals surface area contributed by atoms with Gasteiger partial charge in [0.25, 0.3) is 0 Å². The fourth-order valence-electron chi connectivity index (χ4n) is 2.67.